The fourth-order valence-electron chi connectivity index (χ4n) is 1.79. The molecule has 20 heavy (non-hydrogen) atoms. The number of aromatic nitrogens is 3. The molecule has 3 rings (SSSR count). The van der Waals surface area contributed by atoms with Crippen LogP contribution in [-0.2, 0) is 0 Å². The van der Waals surface area contributed by atoms with Crippen LogP contribution in [0.2, 0.25) is 0 Å². The van der Waals surface area contributed by atoms with Gasteiger partial charge >= 0.3 is 5.69 Å². The van der Waals surface area contributed by atoms with Crippen molar-refractivity contribution in [2.45, 2.75) is 0 Å². The Morgan fingerprint density at radius 1 is 1.20 bits per heavy atom. The molecule has 0 atom stereocenters. The van der Waals surface area contributed by atoms with Gasteiger partial charge < -0.3 is 10.4 Å². The van der Waals surface area contributed by atoms with E-state index >= 15 is 0 Å². The molecule has 1 amide bonds. The average molecular weight is 270 g/mol. The second-order valence-corrected chi connectivity index (χ2v) is 4.18. The molecule has 0 saturated carbocycles. The van der Waals surface area contributed by atoms with E-state index < -0.39 is 5.69 Å². The fraction of sp³-hybridized carbons (Fsp3) is 0. The van der Waals surface area contributed by atoms with Crippen LogP contribution in [0.4, 0.5) is 5.69 Å². The first-order valence-electron chi connectivity index (χ1n) is 5.81. The number of benzene rings is 1. The summed E-state index contributed by atoms with van der Waals surface area (Å²) < 4.78 is 1.26. The molecule has 3 N–H and O–H groups in total. The summed E-state index contributed by atoms with van der Waals surface area (Å²) in [4.78, 5) is 23.5. The van der Waals surface area contributed by atoms with Crippen LogP contribution < -0.4 is 11.0 Å². The highest BCUT2D eigenvalue weighted by atomic mass is 16.3. The Hall–Kier alpha value is -3.09. The van der Waals surface area contributed by atoms with Gasteiger partial charge in [-0.2, -0.15) is 5.10 Å². The first-order chi connectivity index (χ1) is 9.63. The van der Waals surface area contributed by atoms with Crippen molar-refractivity contribution >= 4 is 17.2 Å². The molecule has 3 aromatic rings. The number of amides is 1. The summed E-state index contributed by atoms with van der Waals surface area (Å²) in [5.74, 6) is -0.236. The maximum Gasteiger partial charge on any atom is 0.347 e. The van der Waals surface area contributed by atoms with E-state index in [4.69, 9.17) is 0 Å². The normalized spacial score (nSPS) is 10.6. The smallest absolute Gasteiger partial charge is 0.347 e. The minimum Gasteiger partial charge on any atom is -0.508 e. The average Bonchev–Trinajstić information content (AvgIpc) is 2.82. The number of anilines is 1. The molecule has 2 aromatic heterocycles. The standard InChI is InChI=1S/C13H10N4O3/c18-10-4-2-9(3-5-10)14-12(19)8-1-6-11-15-16-13(20)17(11)7-8/h1-7,18H,(H,14,19)(H,16,20). The lowest BCUT2D eigenvalue weighted by molar-refractivity contribution is 0.102. The Morgan fingerprint density at radius 3 is 2.70 bits per heavy atom. The number of nitrogens with zero attached hydrogens (tertiary/aromatic N) is 2. The van der Waals surface area contributed by atoms with Gasteiger partial charge in [0, 0.05) is 11.9 Å². The summed E-state index contributed by atoms with van der Waals surface area (Å²) in [6.07, 6.45) is 1.41. The van der Waals surface area contributed by atoms with Gasteiger partial charge in [0.25, 0.3) is 5.91 Å². The van der Waals surface area contributed by atoms with Crippen LogP contribution in [0, 0.1) is 0 Å². The summed E-state index contributed by atoms with van der Waals surface area (Å²) in [6, 6.07) is 9.25. The van der Waals surface area contributed by atoms with Gasteiger partial charge in [-0.25, -0.2) is 14.3 Å². The molecular weight excluding hydrogens is 260 g/mol. The van der Waals surface area contributed by atoms with Gasteiger partial charge in [-0.3, -0.25) is 4.79 Å². The SMILES string of the molecule is O=C(Nc1ccc(O)cc1)c1ccc2n[nH]c(=O)n2c1. The number of phenolic OH excluding ortho intramolecular Hbond substituents is 1. The summed E-state index contributed by atoms with van der Waals surface area (Å²) in [5, 5.41) is 17.9. The third-order valence-corrected chi connectivity index (χ3v) is 2.80. The number of H-pyrrole nitrogens is 1. The van der Waals surface area contributed by atoms with Crippen LogP contribution in [0.5, 0.6) is 5.75 Å². The number of carbonyl (C=O) groups is 1. The summed E-state index contributed by atoms with van der Waals surface area (Å²) in [6.45, 7) is 0. The van der Waals surface area contributed by atoms with Crippen LogP contribution >= 0.6 is 0 Å². The van der Waals surface area contributed by atoms with Gasteiger partial charge in [0.15, 0.2) is 5.65 Å². The first-order valence-corrected chi connectivity index (χ1v) is 5.81. The number of hydrogen-bond donors (Lipinski definition) is 3. The maximum atomic E-state index is 12.1. The molecule has 0 unspecified atom stereocenters. The zero-order valence-electron chi connectivity index (χ0n) is 10.2. The van der Waals surface area contributed by atoms with Gasteiger partial charge in [0.05, 0.1) is 5.56 Å². The lowest BCUT2D eigenvalue weighted by Gasteiger charge is -2.05. The fourth-order valence-corrected chi connectivity index (χ4v) is 1.79. The van der Waals surface area contributed by atoms with Crippen molar-refractivity contribution in [3.8, 4) is 5.75 Å². The monoisotopic (exact) mass is 270 g/mol. The number of rotatable bonds is 2. The Morgan fingerprint density at radius 2 is 1.95 bits per heavy atom. The second-order valence-electron chi connectivity index (χ2n) is 4.18. The molecule has 100 valence electrons. The van der Waals surface area contributed by atoms with E-state index in [1.807, 2.05) is 0 Å². The number of carbonyl (C=O) groups excluding carboxylic acids is 1. The van der Waals surface area contributed by atoms with Gasteiger partial charge in [-0.15, -0.1) is 0 Å². The van der Waals surface area contributed by atoms with Crippen molar-refractivity contribution in [2.24, 2.45) is 0 Å². The summed E-state index contributed by atoms with van der Waals surface area (Å²) in [5.41, 5.74) is 0.914. The molecule has 0 aliphatic rings. The van der Waals surface area contributed by atoms with E-state index in [0.29, 0.717) is 16.9 Å². The predicted molar refractivity (Wildman–Crippen MR) is 71.9 cm³/mol. The van der Waals surface area contributed by atoms with Gasteiger partial charge in [-0.05, 0) is 36.4 Å². The maximum absolute atomic E-state index is 12.1. The van der Waals surface area contributed by atoms with E-state index in [2.05, 4.69) is 15.5 Å². The zero-order valence-corrected chi connectivity index (χ0v) is 10.2. The highest BCUT2D eigenvalue weighted by Gasteiger charge is 2.08. The van der Waals surface area contributed by atoms with Crippen LogP contribution in [-0.4, -0.2) is 25.6 Å². The van der Waals surface area contributed by atoms with Crippen molar-refractivity contribution in [2.75, 3.05) is 5.32 Å². The highest BCUT2D eigenvalue weighted by Crippen LogP contribution is 2.14. The molecule has 0 saturated heterocycles. The molecule has 7 nitrogen and oxygen atoms in total. The van der Waals surface area contributed by atoms with E-state index in [0.717, 1.165) is 0 Å². The largest absolute Gasteiger partial charge is 0.508 e. The van der Waals surface area contributed by atoms with Gasteiger partial charge in [-0.1, -0.05) is 0 Å². The predicted octanol–water partition coefficient (Wildman–Crippen LogP) is 0.980. The third-order valence-electron chi connectivity index (χ3n) is 2.80. The minimum atomic E-state index is -0.403. The van der Waals surface area contributed by atoms with Gasteiger partial charge in [0.2, 0.25) is 0 Å². The quantitative estimate of drug-likeness (QED) is 0.604. The Labute approximate surface area is 112 Å². The molecule has 0 fully saturated rings. The molecule has 2 heterocycles. The van der Waals surface area contributed by atoms with Crippen molar-refractivity contribution in [1.29, 1.82) is 0 Å². The van der Waals surface area contributed by atoms with Crippen molar-refractivity contribution in [1.82, 2.24) is 14.6 Å². The zero-order chi connectivity index (χ0) is 14.1. The number of nitrogens with one attached hydrogen (secondary N) is 2. The third kappa shape index (κ3) is 2.12. The van der Waals surface area contributed by atoms with E-state index in [-0.39, 0.29) is 11.7 Å². The molecule has 0 bridgehead atoms. The van der Waals surface area contributed by atoms with E-state index in [9.17, 15) is 14.7 Å². The van der Waals surface area contributed by atoms with Crippen molar-refractivity contribution in [3.05, 3.63) is 58.6 Å². The van der Waals surface area contributed by atoms with Crippen LogP contribution in [0.3, 0.4) is 0 Å². The molecular formula is C13H10N4O3. The highest BCUT2D eigenvalue weighted by molar-refractivity contribution is 6.04. The number of hydrogen-bond acceptors (Lipinski definition) is 4. The number of phenols is 1. The number of aromatic hydroxyl groups is 1. The lowest BCUT2D eigenvalue weighted by Crippen LogP contribution is -2.15. The molecule has 1 aromatic carbocycles. The Kier molecular flexibility index (Phi) is 2.72. The van der Waals surface area contributed by atoms with E-state index in [1.54, 1.807) is 24.3 Å². The molecule has 0 aliphatic heterocycles. The Bertz CT molecular complexity index is 833. The number of pyridine rings is 1. The Balaban J connectivity index is 1.90. The second kappa shape index (κ2) is 4.54. The summed E-state index contributed by atoms with van der Waals surface area (Å²) >= 11 is 0. The number of aromatic amines is 1. The molecule has 7 heteroatoms. The topological polar surface area (TPSA) is 99.5 Å². The summed E-state index contributed by atoms with van der Waals surface area (Å²) in [7, 11) is 0. The molecule has 0 spiro atoms. The number of fused-ring (bicyclic) bond motifs is 1. The van der Waals surface area contributed by atoms with Crippen LogP contribution in [0.15, 0.2) is 47.4 Å². The molecule has 0 aliphatic carbocycles. The van der Waals surface area contributed by atoms with Crippen molar-refractivity contribution in [3.63, 3.8) is 0 Å². The van der Waals surface area contributed by atoms with Gasteiger partial charge in [0.1, 0.15) is 5.75 Å². The first kappa shape index (κ1) is 12.0. The lowest BCUT2D eigenvalue weighted by atomic mass is 10.2. The van der Waals surface area contributed by atoms with E-state index in [1.165, 1.54) is 22.7 Å². The van der Waals surface area contributed by atoms with Crippen LogP contribution in [0.25, 0.3) is 5.65 Å². The van der Waals surface area contributed by atoms with Crippen LogP contribution in [0.1, 0.15) is 10.4 Å². The molecule has 0 radical (unpaired) electrons. The minimum absolute atomic E-state index is 0.120. The van der Waals surface area contributed by atoms with Crippen molar-refractivity contribution < 1.29 is 9.90 Å².